The van der Waals surface area contributed by atoms with Gasteiger partial charge in [0.25, 0.3) is 0 Å². The molecule has 0 radical (unpaired) electrons. The van der Waals surface area contributed by atoms with Gasteiger partial charge in [-0.1, -0.05) is 0 Å². The molecule has 0 bridgehead atoms. The summed E-state index contributed by atoms with van der Waals surface area (Å²) >= 11 is 0. The maximum atomic E-state index is 11.3. The van der Waals surface area contributed by atoms with Crippen molar-refractivity contribution >= 4 is 11.9 Å². The SMILES string of the molecule is COCCOCC(=O)N1CC(C(=O)O)C1. The van der Waals surface area contributed by atoms with Crippen LogP contribution in [0.3, 0.4) is 0 Å². The Morgan fingerprint density at radius 1 is 1.40 bits per heavy atom. The molecule has 0 spiro atoms. The van der Waals surface area contributed by atoms with Crippen molar-refractivity contribution in [2.24, 2.45) is 5.92 Å². The van der Waals surface area contributed by atoms with Gasteiger partial charge in [-0.25, -0.2) is 0 Å². The number of aliphatic carboxylic acids is 1. The molecule has 1 aliphatic rings. The Balaban J connectivity index is 2.07. The quantitative estimate of drug-likeness (QED) is 0.589. The molecule has 0 saturated carbocycles. The molecule has 0 aromatic carbocycles. The van der Waals surface area contributed by atoms with Crippen molar-refractivity contribution in [3.8, 4) is 0 Å². The predicted octanol–water partition coefficient (Wildman–Crippen LogP) is -0.808. The molecule has 86 valence electrons. The Labute approximate surface area is 87.8 Å². The second-order valence-corrected chi connectivity index (χ2v) is 3.38. The van der Waals surface area contributed by atoms with E-state index in [4.69, 9.17) is 14.6 Å². The molecular weight excluding hydrogens is 202 g/mol. The van der Waals surface area contributed by atoms with Gasteiger partial charge in [-0.2, -0.15) is 0 Å². The number of carboxylic acids is 1. The first-order chi connectivity index (χ1) is 7.15. The van der Waals surface area contributed by atoms with Gasteiger partial charge in [0.15, 0.2) is 0 Å². The van der Waals surface area contributed by atoms with Crippen LogP contribution in [0.4, 0.5) is 0 Å². The second kappa shape index (κ2) is 5.67. The van der Waals surface area contributed by atoms with Crippen LogP contribution in [0.25, 0.3) is 0 Å². The summed E-state index contributed by atoms with van der Waals surface area (Å²) < 4.78 is 9.77. The molecule has 1 N–H and O–H groups in total. The molecule has 1 rings (SSSR count). The van der Waals surface area contributed by atoms with E-state index < -0.39 is 11.9 Å². The number of ether oxygens (including phenoxy) is 2. The molecular formula is C9H15NO5. The number of nitrogens with zero attached hydrogens (tertiary/aromatic N) is 1. The van der Waals surface area contributed by atoms with Crippen LogP contribution in [0, 0.1) is 5.92 Å². The van der Waals surface area contributed by atoms with Crippen LogP contribution in [0.15, 0.2) is 0 Å². The van der Waals surface area contributed by atoms with Crippen molar-refractivity contribution in [3.63, 3.8) is 0 Å². The van der Waals surface area contributed by atoms with E-state index in [0.717, 1.165) is 0 Å². The number of carbonyl (C=O) groups excluding carboxylic acids is 1. The van der Waals surface area contributed by atoms with E-state index in [9.17, 15) is 9.59 Å². The summed E-state index contributed by atoms with van der Waals surface area (Å²) in [5.74, 6) is -1.42. The van der Waals surface area contributed by atoms with Gasteiger partial charge < -0.3 is 19.5 Å². The summed E-state index contributed by atoms with van der Waals surface area (Å²) in [6, 6.07) is 0. The lowest BCUT2D eigenvalue weighted by molar-refractivity contribution is -0.154. The number of methoxy groups -OCH3 is 1. The van der Waals surface area contributed by atoms with Gasteiger partial charge in [0, 0.05) is 20.2 Å². The monoisotopic (exact) mass is 217 g/mol. The standard InChI is InChI=1S/C9H15NO5/c1-14-2-3-15-6-8(11)10-4-7(5-10)9(12)13/h7H,2-6H2,1H3,(H,12,13). The van der Waals surface area contributed by atoms with Crippen molar-refractivity contribution in [2.45, 2.75) is 0 Å². The summed E-state index contributed by atoms with van der Waals surface area (Å²) in [4.78, 5) is 23.3. The van der Waals surface area contributed by atoms with Gasteiger partial charge in [-0.05, 0) is 0 Å². The summed E-state index contributed by atoms with van der Waals surface area (Å²) in [7, 11) is 1.55. The molecule has 0 aliphatic carbocycles. The minimum atomic E-state index is -0.848. The maximum absolute atomic E-state index is 11.3. The Morgan fingerprint density at radius 2 is 2.07 bits per heavy atom. The molecule has 1 heterocycles. The van der Waals surface area contributed by atoms with Crippen molar-refractivity contribution in [1.82, 2.24) is 4.90 Å². The normalized spacial score (nSPS) is 16.2. The van der Waals surface area contributed by atoms with Crippen molar-refractivity contribution in [3.05, 3.63) is 0 Å². The van der Waals surface area contributed by atoms with Gasteiger partial charge in [0.2, 0.25) is 5.91 Å². The Hall–Kier alpha value is -1.14. The predicted molar refractivity (Wildman–Crippen MR) is 50.4 cm³/mol. The van der Waals surface area contributed by atoms with E-state index in [2.05, 4.69) is 0 Å². The van der Waals surface area contributed by atoms with E-state index in [1.165, 1.54) is 4.90 Å². The van der Waals surface area contributed by atoms with Crippen LogP contribution < -0.4 is 0 Å². The van der Waals surface area contributed by atoms with Gasteiger partial charge >= 0.3 is 5.97 Å². The van der Waals surface area contributed by atoms with Crippen LogP contribution in [-0.2, 0) is 19.1 Å². The zero-order chi connectivity index (χ0) is 11.3. The highest BCUT2D eigenvalue weighted by Gasteiger charge is 2.35. The fourth-order valence-corrected chi connectivity index (χ4v) is 1.23. The highest BCUT2D eigenvalue weighted by molar-refractivity contribution is 5.81. The average Bonchev–Trinajstić information content (AvgIpc) is 2.09. The van der Waals surface area contributed by atoms with Gasteiger partial charge in [-0.15, -0.1) is 0 Å². The molecule has 1 aliphatic heterocycles. The van der Waals surface area contributed by atoms with E-state index in [0.29, 0.717) is 26.3 Å². The van der Waals surface area contributed by atoms with Crippen molar-refractivity contribution in [2.75, 3.05) is 40.0 Å². The lowest BCUT2D eigenvalue weighted by Crippen LogP contribution is -2.54. The smallest absolute Gasteiger partial charge is 0.310 e. The highest BCUT2D eigenvalue weighted by atomic mass is 16.5. The van der Waals surface area contributed by atoms with Gasteiger partial charge in [0.1, 0.15) is 6.61 Å². The first-order valence-electron chi connectivity index (χ1n) is 4.72. The molecule has 1 amide bonds. The molecule has 0 aromatic heterocycles. The first kappa shape index (κ1) is 11.9. The lowest BCUT2D eigenvalue weighted by atomic mass is 10.0. The van der Waals surface area contributed by atoms with Crippen molar-refractivity contribution in [1.29, 1.82) is 0 Å². The van der Waals surface area contributed by atoms with E-state index in [1.807, 2.05) is 0 Å². The summed E-state index contributed by atoms with van der Waals surface area (Å²) in [6.45, 7) is 1.41. The van der Waals surface area contributed by atoms with Crippen LogP contribution in [0.5, 0.6) is 0 Å². The third-order valence-electron chi connectivity index (χ3n) is 2.24. The third-order valence-corrected chi connectivity index (χ3v) is 2.24. The van der Waals surface area contributed by atoms with Crippen LogP contribution >= 0.6 is 0 Å². The number of hydrogen-bond donors (Lipinski definition) is 1. The third kappa shape index (κ3) is 3.49. The second-order valence-electron chi connectivity index (χ2n) is 3.38. The zero-order valence-corrected chi connectivity index (χ0v) is 8.64. The minimum absolute atomic E-state index is 0.00427. The van der Waals surface area contributed by atoms with Crippen LogP contribution in [-0.4, -0.2) is 61.9 Å². The lowest BCUT2D eigenvalue weighted by Gasteiger charge is -2.36. The number of rotatable bonds is 6. The van der Waals surface area contributed by atoms with E-state index in [1.54, 1.807) is 7.11 Å². The Bertz CT molecular complexity index is 237. The fourth-order valence-electron chi connectivity index (χ4n) is 1.23. The fraction of sp³-hybridized carbons (Fsp3) is 0.778. The van der Waals surface area contributed by atoms with Crippen molar-refractivity contribution < 1.29 is 24.2 Å². The maximum Gasteiger partial charge on any atom is 0.310 e. The summed E-state index contributed by atoms with van der Waals surface area (Å²) in [5.41, 5.74) is 0. The topological polar surface area (TPSA) is 76.1 Å². The first-order valence-corrected chi connectivity index (χ1v) is 4.72. The number of amides is 1. The summed E-state index contributed by atoms with van der Waals surface area (Å²) in [6.07, 6.45) is 0. The van der Waals surface area contributed by atoms with E-state index >= 15 is 0 Å². The molecule has 0 unspecified atom stereocenters. The molecule has 6 nitrogen and oxygen atoms in total. The largest absolute Gasteiger partial charge is 0.481 e. The molecule has 15 heavy (non-hydrogen) atoms. The number of likely N-dealkylation sites (tertiary alicyclic amines) is 1. The molecule has 6 heteroatoms. The number of carboxylic acid groups (broad SMARTS) is 1. The number of hydrogen-bond acceptors (Lipinski definition) is 4. The highest BCUT2D eigenvalue weighted by Crippen LogP contribution is 2.15. The molecule has 1 saturated heterocycles. The number of carbonyl (C=O) groups is 2. The van der Waals surface area contributed by atoms with Crippen LogP contribution in [0.2, 0.25) is 0 Å². The van der Waals surface area contributed by atoms with Crippen LogP contribution in [0.1, 0.15) is 0 Å². The zero-order valence-electron chi connectivity index (χ0n) is 8.64. The summed E-state index contributed by atoms with van der Waals surface area (Å²) in [5, 5.41) is 8.59. The van der Waals surface area contributed by atoms with Gasteiger partial charge in [0.05, 0.1) is 19.1 Å². The molecule has 1 fully saturated rings. The average molecular weight is 217 g/mol. The Kier molecular flexibility index (Phi) is 4.51. The molecule has 0 aromatic rings. The Morgan fingerprint density at radius 3 is 2.60 bits per heavy atom. The minimum Gasteiger partial charge on any atom is -0.481 e. The van der Waals surface area contributed by atoms with E-state index in [-0.39, 0.29) is 12.5 Å². The van der Waals surface area contributed by atoms with Gasteiger partial charge in [-0.3, -0.25) is 9.59 Å². The molecule has 0 atom stereocenters.